The fourth-order valence-electron chi connectivity index (χ4n) is 1.70. The second kappa shape index (κ2) is 5.41. The highest BCUT2D eigenvalue weighted by molar-refractivity contribution is 5.92. The van der Waals surface area contributed by atoms with Crippen molar-refractivity contribution in [2.24, 2.45) is 5.73 Å². The summed E-state index contributed by atoms with van der Waals surface area (Å²) in [4.78, 5) is 0. The molecule has 1 heterocycles. The zero-order valence-electron chi connectivity index (χ0n) is 9.85. The fraction of sp³-hybridized carbons (Fsp3) is 0.231. The molecule has 0 unspecified atom stereocenters. The molecule has 1 aromatic carbocycles. The Morgan fingerprint density at radius 3 is 2.71 bits per heavy atom. The Labute approximate surface area is 101 Å². The zero-order chi connectivity index (χ0) is 12.1. The lowest BCUT2D eigenvalue weighted by Gasteiger charge is -2.07. The van der Waals surface area contributed by atoms with Crippen molar-refractivity contribution in [2.45, 2.75) is 6.92 Å². The molecule has 17 heavy (non-hydrogen) atoms. The topological polar surface area (TPSA) is 63.8 Å². The van der Waals surface area contributed by atoms with Crippen molar-refractivity contribution in [3.8, 4) is 0 Å². The summed E-state index contributed by atoms with van der Waals surface area (Å²) in [5.41, 5.74) is 6.32. The molecule has 0 aliphatic carbocycles. The zero-order valence-corrected chi connectivity index (χ0v) is 9.85. The van der Waals surface area contributed by atoms with E-state index >= 15 is 0 Å². The number of nitrogens with zero attached hydrogens (tertiary/aromatic N) is 2. The van der Waals surface area contributed by atoms with E-state index in [0.29, 0.717) is 13.1 Å². The fourth-order valence-corrected chi connectivity index (χ4v) is 1.70. The van der Waals surface area contributed by atoms with Gasteiger partial charge in [-0.3, -0.25) is 0 Å². The Hall–Kier alpha value is -1.94. The number of nitrogens with one attached hydrogen (secondary N) is 1. The maximum atomic E-state index is 5.38. The number of nitrogens with two attached hydrogens (primary N) is 1. The standard InChI is InChI=1S/C13H16N4/c1-10-11-6-2-3-7-12(11)13(17-16-10)15-9-5-4-8-14/h2-7H,8-9,14H2,1H3,(H,15,17)/b5-4+. The van der Waals surface area contributed by atoms with Crippen molar-refractivity contribution >= 4 is 16.6 Å². The molecule has 1 aromatic heterocycles. The highest BCUT2D eigenvalue weighted by Gasteiger charge is 2.04. The summed E-state index contributed by atoms with van der Waals surface area (Å²) in [6, 6.07) is 8.12. The van der Waals surface area contributed by atoms with Gasteiger partial charge < -0.3 is 11.1 Å². The van der Waals surface area contributed by atoms with Crippen LogP contribution in [0.2, 0.25) is 0 Å². The van der Waals surface area contributed by atoms with Gasteiger partial charge >= 0.3 is 0 Å². The van der Waals surface area contributed by atoms with Crippen LogP contribution in [0.3, 0.4) is 0 Å². The van der Waals surface area contributed by atoms with Crippen LogP contribution in [0, 0.1) is 6.92 Å². The van der Waals surface area contributed by atoms with Gasteiger partial charge in [0.05, 0.1) is 5.69 Å². The molecular weight excluding hydrogens is 212 g/mol. The smallest absolute Gasteiger partial charge is 0.156 e. The number of rotatable bonds is 4. The monoisotopic (exact) mass is 228 g/mol. The summed E-state index contributed by atoms with van der Waals surface area (Å²) >= 11 is 0. The molecule has 0 spiro atoms. The van der Waals surface area contributed by atoms with Crippen LogP contribution in [0.4, 0.5) is 5.82 Å². The lowest BCUT2D eigenvalue weighted by atomic mass is 10.1. The third-order valence-electron chi connectivity index (χ3n) is 2.56. The number of hydrogen-bond donors (Lipinski definition) is 2. The molecule has 0 fully saturated rings. The van der Waals surface area contributed by atoms with E-state index in [4.69, 9.17) is 5.73 Å². The predicted molar refractivity (Wildman–Crippen MR) is 71.0 cm³/mol. The van der Waals surface area contributed by atoms with Crippen molar-refractivity contribution in [3.63, 3.8) is 0 Å². The van der Waals surface area contributed by atoms with Crippen molar-refractivity contribution in [3.05, 3.63) is 42.1 Å². The first-order valence-electron chi connectivity index (χ1n) is 5.64. The highest BCUT2D eigenvalue weighted by atomic mass is 15.2. The van der Waals surface area contributed by atoms with E-state index in [2.05, 4.69) is 21.6 Å². The average molecular weight is 228 g/mol. The third kappa shape index (κ3) is 2.60. The summed E-state index contributed by atoms with van der Waals surface area (Å²) < 4.78 is 0. The Balaban J connectivity index is 2.28. The summed E-state index contributed by atoms with van der Waals surface area (Å²) in [5, 5.41) is 13.8. The number of benzene rings is 1. The van der Waals surface area contributed by atoms with Crippen molar-refractivity contribution < 1.29 is 0 Å². The number of aromatic nitrogens is 2. The maximum absolute atomic E-state index is 5.38. The molecule has 88 valence electrons. The van der Waals surface area contributed by atoms with Gasteiger partial charge in [-0.25, -0.2) is 0 Å². The SMILES string of the molecule is Cc1nnc(NC/C=C/CN)c2ccccc12. The molecule has 0 aliphatic heterocycles. The molecule has 0 saturated carbocycles. The number of fused-ring (bicyclic) bond motifs is 1. The molecule has 4 heteroatoms. The van der Waals surface area contributed by atoms with Gasteiger partial charge in [0.2, 0.25) is 0 Å². The molecule has 2 rings (SSSR count). The number of hydrogen-bond acceptors (Lipinski definition) is 4. The molecule has 0 atom stereocenters. The predicted octanol–water partition coefficient (Wildman–Crippen LogP) is 1.87. The van der Waals surface area contributed by atoms with E-state index in [1.165, 1.54) is 0 Å². The van der Waals surface area contributed by atoms with Crippen LogP contribution in [0.25, 0.3) is 10.8 Å². The van der Waals surface area contributed by atoms with Crippen LogP contribution in [-0.2, 0) is 0 Å². The first-order valence-corrected chi connectivity index (χ1v) is 5.64. The van der Waals surface area contributed by atoms with Crippen LogP contribution in [-0.4, -0.2) is 23.3 Å². The maximum Gasteiger partial charge on any atom is 0.156 e. The third-order valence-corrected chi connectivity index (χ3v) is 2.56. The number of aryl methyl sites for hydroxylation is 1. The van der Waals surface area contributed by atoms with E-state index in [1.807, 2.05) is 37.3 Å². The Kier molecular flexibility index (Phi) is 3.67. The molecule has 2 aromatic rings. The van der Waals surface area contributed by atoms with Gasteiger partial charge in [0.25, 0.3) is 0 Å². The molecule has 0 saturated heterocycles. The summed E-state index contributed by atoms with van der Waals surface area (Å²) in [6.07, 6.45) is 3.90. The van der Waals surface area contributed by atoms with Gasteiger partial charge in [-0.1, -0.05) is 36.4 Å². The van der Waals surface area contributed by atoms with Gasteiger partial charge in [-0.2, -0.15) is 5.10 Å². The molecule has 0 radical (unpaired) electrons. The summed E-state index contributed by atoms with van der Waals surface area (Å²) in [6.45, 7) is 3.23. The van der Waals surface area contributed by atoms with Crippen LogP contribution < -0.4 is 11.1 Å². The molecule has 0 aliphatic rings. The van der Waals surface area contributed by atoms with Crippen LogP contribution in [0.5, 0.6) is 0 Å². The van der Waals surface area contributed by atoms with E-state index in [-0.39, 0.29) is 0 Å². The van der Waals surface area contributed by atoms with Crippen molar-refractivity contribution in [1.82, 2.24) is 10.2 Å². The highest BCUT2D eigenvalue weighted by Crippen LogP contribution is 2.21. The lowest BCUT2D eigenvalue weighted by Crippen LogP contribution is -2.04. The second-order valence-electron chi connectivity index (χ2n) is 3.77. The first-order chi connectivity index (χ1) is 8.33. The van der Waals surface area contributed by atoms with Gasteiger partial charge in [-0.05, 0) is 6.92 Å². The van der Waals surface area contributed by atoms with Crippen LogP contribution >= 0.6 is 0 Å². The van der Waals surface area contributed by atoms with Crippen molar-refractivity contribution in [2.75, 3.05) is 18.4 Å². The minimum absolute atomic E-state index is 0.558. The molecule has 0 bridgehead atoms. The van der Waals surface area contributed by atoms with Gasteiger partial charge in [0.15, 0.2) is 5.82 Å². The van der Waals surface area contributed by atoms with E-state index in [0.717, 1.165) is 22.3 Å². The Morgan fingerprint density at radius 1 is 1.18 bits per heavy atom. The molecular formula is C13H16N4. The minimum atomic E-state index is 0.558. The lowest BCUT2D eigenvalue weighted by molar-refractivity contribution is 0.997. The average Bonchev–Trinajstić information content (AvgIpc) is 2.37. The first kappa shape index (κ1) is 11.5. The molecule has 3 N–H and O–H groups in total. The van der Waals surface area contributed by atoms with Crippen LogP contribution in [0.15, 0.2) is 36.4 Å². The molecule has 4 nitrogen and oxygen atoms in total. The Bertz CT molecular complexity index is 534. The van der Waals surface area contributed by atoms with Gasteiger partial charge in [0, 0.05) is 23.9 Å². The summed E-state index contributed by atoms with van der Waals surface area (Å²) in [5.74, 6) is 0.813. The van der Waals surface area contributed by atoms with Crippen LogP contribution in [0.1, 0.15) is 5.69 Å². The van der Waals surface area contributed by atoms with E-state index in [1.54, 1.807) is 0 Å². The Morgan fingerprint density at radius 2 is 1.94 bits per heavy atom. The second-order valence-corrected chi connectivity index (χ2v) is 3.77. The van der Waals surface area contributed by atoms with E-state index in [9.17, 15) is 0 Å². The normalized spacial score (nSPS) is 11.2. The molecule has 0 amide bonds. The largest absolute Gasteiger partial charge is 0.365 e. The number of anilines is 1. The van der Waals surface area contributed by atoms with E-state index < -0.39 is 0 Å². The quantitative estimate of drug-likeness (QED) is 0.784. The van der Waals surface area contributed by atoms with Crippen molar-refractivity contribution in [1.29, 1.82) is 0 Å². The summed E-state index contributed by atoms with van der Waals surface area (Å²) in [7, 11) is 0. The van der Waals surface area contributed by atoms with Gasteiger partial charge in [0.1, 0.15) is 0 Å². The minimum Gasteiger partial charge on any atom is -0.365 e. The van der Waals surface area contributed by atoms with Gasteiger partial charge in [-0.15, -0.1) is 5.10 Å².